The smallest absolute Gasteiger partial charge is 0.418 e. The Morgan fingerprint density at radius 3 is 2.41 bits per heavy atom. The predicted octanol–water partition coefficient (Wildman–Crippen LogP) is 4.36. The second-order valence-corrected chi connectivity index (χ2v) is 9.35. The topological polar surface area (TPSA) is 128 Å². The summed E-state index contributed by atoms with van der Waals surface area (Å²) in [5, 5.41) is 20.2. The van der Waals surface area contributed by atoms with Gasteiger partial charge in [-0.05, 0) is 30.3 Å². The van der Waals surface area contributed by atoms with E-state index in [0.29, 0.717) is 4.68 Å². The number of alkyl halides is 3. The minimum atomic E-state index is -4.79. The number of benzene rings is 2. The van der Waals surface area contributed by atoms with Crippen LogP contribution in [0.3, 0.4) is 0 Å². The lowest BCUT2D eigenvalue weighted by Crippen LogP contribution is -2.12. The van der Waals surface area contributed by atoms with E-state index in [2.05, 4.69) is 15.3 Å². The van der Waals surface area contributed by atoms with Gasteiger partial charge < -0.3 is 9.52 Å². The van der Waals surface area contributed by atoms with Gasteiger partial charge in [-0.25, -0.2) is 17.9 Å². The molecule has 2 aromatic heterocycles. The first-order chi connectivity index (χ1) is 15.9. The van der Waals surface area contributed by atoms with Gasteiger partial charge >= 0.3 is 12.1 Å². The summed E-state index contributed by atoms with van der Waals surface area (Å²) in [4.78, 5) is 11.6. The monoisotopic (exact) mass is 512 g/mol. The maximum Gasteiger partial charge on any atom is 0.418 e. The van der Waals surface area contributed by atoms with Crippen molar-refractivity contribution in [1.29, 1.82) is 0 Å². The third kappa shape index (κ3) is 4.26. The molecule has 0 aliphatic heterocycles. The van der Waals surface area contributed by atoms with Crippen molar-refractivity contribution in [2.45, 2.75) is 11.1 Å². The highest BCUT2D eigenvalue weighted by Gasteiger charge is 2.36. The molecule has 9 nitrogen and oxygen atoms in total. The molecule has 176 valence electrons. The van der Waals surface area contributed by atoms with Crippen LogP contribution in [0, 0.1) is 0 Å². The molecule has 0 bridgehead atoms. The first-order valence-electron chi connectivity index (χ1n) is 9.20. The number of aromatic nitrogens is 4. The number of nitrogens with zero attached hydrogens (tertiary/aromatic N) is 4. The highest BCUT2D eigenvalue weighted by Crippen LogP contribution is 2.38. The summed E-state index contributed by atoms with van der Waals surface area (Å²) < 4.78 is 70.7. The van der Waals surface area contributed by atoms with Gasteiger partial charge in [0.15, 0.2) is 21.2 Å². The van der Waals surface area contributed by atoms with E-state index in [1.54, 1.807) is 0 Å². The number of hydrogen-bond donors (Lipinski definition) is 1. The average Bonchev–Trinajstić information content (AvgIpc) is 3.37. The van der Waals surface area contributed by atoms with Gasteiger partial charge in [-0.1, -0.05) is 29.8 Å². The van der Waals surface area contributed by atoms with Crippen molar-refractivity contribution in [2.24, 2.45) is 0 Å². The van der Waals surface area contributed by atoms with E-state index in [1.165, 1.54) is 30.3 Å². The lowest BCUT2D eigenvalue weighted by molar-refractivity contribution is -0.137. The van der Waals surface area contributed by atoms with Gasteiger partial charge in [-0.15, -0.1) is 10.2 Å². The Morgan fingerprint density at radius 2 is 1.76 bits per heavy atom. The number of carbonyl (C=O) groups is 1. The number of sulfone groups is 1. The average molecular weight is 513 g/mol. The standard InChI is InChI=1S/C20H12ClF3N4O5S/c1-34(31,32)11-6-4-5-10(9-11)17-25-26-18(33-17)16-14(21)15(19(29)30)27-28(16)13-8-3-2-7-12(13)20(22,23)24/h2-9H,1H3,(H,29,30). The molecule has 0 unspecified atom stereocenters. The maximum absolute atomic E-state index is 13.6. The molecule has 4 aromatic rings. The van der Waals surface area contributed by atoms with Crippen LogP contribution in [0.4, 0.5) is 13.2 Å². The fourth-order valence-corrected chi connectivity index (χ4v) is 4.03. The number of carboxylic acids is 1. The van der Waals surface area contributed by atoms with E-state index in [9.17, 15) is 31.5 Å². The van der Waals surface area contributed by atoms with Gasteiger partial charge in [0.25, 0.3) is 5.89 Å². The molecule has 0 spiro atoms. The van der Waals surface area contributed by atoms with Gasteiger partial charge in [0.1, 0.15) is 5.02 Å². The van der Waals surface area contributed by atoms with Crippen molar-refractivity contribution in [3.8, 4) is 28.7 Å². The number of halogens is 4. The Kier molecular flexibility index (Phi) is 5.69. The number of aromatic carboxylic acids is 1. The van der Waals surface area contributed by atoms with Crippen molar-refractivity contribution in [3.63, 3.8) is 0 Å². The first kappa shape index (κ1) is 23.4. The second-order valence-electron chi connectivity index (χ2n) is 6.96. The molecular formula is C20H12ClF3N4O5S. The van der Waals surface area contributed by atoms with E-state index in [0.717, 1.165) is 24.5 Å². The van der Waals surface area contributed by atoms with E-state index in [-0.39, 0.29) is 22.0 Å². The van der Waals surface area contributed by atoms with E-state index in [4.69, 9.17) is 16.0 Å². The summed E-state index contributed by atoms with van der Waals surface area (Å²) in [5.41, 5.74) is -2.52. The number of rotatable bonds is 5. The number of para-hydroxylation sites is 1. The van der Waals surface area contributed by atoms with E-state index >= 15 is 0 Å². The zero-order valence-electron chi connectivity index (χ0n) is 16.9. The molecule has 2 heterocycles. The van der Waals surface area contributed by atoms with E-state index < -0.39 is 49.8 Å². The van der Waals surface area contributed by atoms with Gasteiger partial charge in [-0.2, -0.15) is 18.3 Å². The minimum absolute atomic E-state index is 0.0277. The Morgan fingerprint density at radius 1 is 1.09 bits per heavy atom. The normalized spacial score (nSPS) is 12.1. The SMILES string of the molecule is CS(=O)(=O)c1cccc(-c2nnc(-c3c(Cl)c(C(=O)O)nn3-c3ccccc3C(F)(F)F)o2)c1. The first-order valence-corrected chi connectivity index (χ1v) is 11.5. The summed E-state index contributed by atoms with van der Waals surface area (Å²) in [6, 6.07) is 9.89. The Balaban J connectivity index is 1.92. The quantitative estimate of drug-likeness (QED) is 0.417. The third-order valence-corrected chi connectivity index (χ3v) is 6.07. The molecule has 0 fully saturated rings. The summed E-state index contributed by atoms with van der Waals surface area (Å²) >= 11 is 6.16. The third-order valence-electron chi connectivity index (χ3n) is 4.60. The van der Waals surface area contributed by atoms with Gasteiger partial charge in [0.05, 0.1) is 16.1 Å². The lowest BCUT2D eigenvalue weighted by atomic mass is 10.1. The molecule has 0 amide bonds. The second kappa shape index (κ2) is 8.25. The number of hydrogen-bond acceptors (Lipinski definition) is 7. The Bertz CT molecular complexity index is 1530. The molecule has 34 heavy (non-hydrogen) atoms. The highest BCUT2D eigenvalue weighted by molar-refractivity contribution is 7.90. The molecule has 0 radical (unpaired) electrons. The molecule has 14 heteroatoms. The van der Waals surface area contributed by atoms with Crippen LogP contribution in [-0.2, 0) is 16.0 Å². The summed E-state index contributed by atoms with van der Waals surface area (Å²) in [7, 11) is -3.55. The zero-order valence-corrected chi connectivity index (χ0v) is 18.5. The largest absolute Gasteiger partial charge is 0.476 e. The lowest BCUT2D eigenvalue weighted by Gasteiger charge is -2.13. The highest BCUT2D eigenvalue weighted by atomic mass is 35.5. The summed E-state index contributed by atoms with van der Waals surface area (Å²) in [6.07, 6.45) is -3.78. The molecule has 0 atom stereocenters. The van der Waals surface area contributed by atoms with Crippen molar-refractivity contribution < 1.29 is 35.9 Å². The molecule has 4 rings (SSSR count). The van der Waals surface area contributed by atoms with Gasteiger partial charge in [0.2, 0.25) is 5.89 Å². The van der Waals surface area contributed by atoms with Crippen LogP contribution in [0.25, 0.3) is 28.7 Å². The fourth-order valence-electron chi connectivity index (χ4n) is 3.09. The summed E-state index contributed by atoms with van der Waals surface area (Å²) in [6.45, 7) is 0. The van der Waals surface area contributed by atoms with Crippen LogP contribution < -0.4 is 0 Å². The van der Waals surface area contributed by atoms with Crippen molar-refractivity contribution in [1.82, 2.24) is 20.0 Å². The zero-order chi connectivity index (χ0) is 24.8. The molecular weight excluding hydrogens is 501 g/mol. The van der Waals surface area contributed by atoms with Crippen LogP contribution in [-0.4, -0.2) is 45.7 Å². The van der Waals surface area contributed by atoms with Crippen molar-refractivity contribution in [2.75, 3.05) is 6.26 Å². The number of carboxylic acid groups (broad SMARTS) is 1. The molecule has 0 saturated carbocycles. The van der Waals surface area contributed by atoms with Gasteiger partial charge in [-0.3, -0.25) is 0 Å². The van der Waals surface area contributed by atoms with E-state index in [1.807, 2.05) is 0 Å². The van der Waals surface area contributed by atoms with Crippen molar-refractivity contribution in [3.05, 3.63) is 64.8 Å². The maximum atomic E-state index is 13.6. The molecule has 0 aliphatic rings. The van der Waals surface area contributed by atoms with Crippen LogP contribution in [0.15, 0.2) is 57.8 Å². The minimum Gasteiger partial charge on any atom is -0.476 e. The molecule has 0 saturated heterocycles. The van der Waals surface area contributed by atoms with Crippen molar-refractivity contribution >= 4 is 27.4 Å². The molecule has 0 aliphatic carbocycles. The van der Waals surface area contributed by atoms with Crippen LogP contribution in [0.1, 0.15) is 16.1 Å². The summed E-state index contributed by atoms with van der Waals surface area (Å²) in [5.74, 6) is -2.19. The molecule has 2 aromatic carbocycles. The molecule has 1 N–H and O–H groups in total. The predicted molar refractivity (Wildman–Crippen MR) is 112 cm³/mol. The fraction of sp³-hybridized carbons (Fsp3) is 0.100. The Hall–Kier alpha value is -3.71. The van der Waals surface area contributed by atoms with Crippen LogP contribution >= 0.6 is 11.6 Å². The van der Waals surface area contributed by atoms with Crippen LogP contribution in [0.2, 0.25) is 5.02 Å². The van der Waals surface area contributed by atoms with Gasteiger partial charge in [0, 0.05) is 11.8 Å². The Labute approximate surface area is 194 Å². The van der Waals surface area contributed by atoms with Crippen LogP contribution in [0.5, 0.6) is 0 Å².